The molecule has 154 valence electrons. The number of halogens is 1. The van der Waals surface area contributed by atoms with Crippen LogP contribution in [0, 0.1) is 0 Å². The number of amides is 2. The quantitative estimate of drug-likeness (QED) is 0.646. The number of rotatable bonds is 7. The Bertz CT molecular complexity index is 889. The predicted octanol–water partition coefficient (Wildman–Crippen LogP) is 3.91. The fourth-order valence-electron chi connectivity index (χ4n) is 2.86. The molecule has 1 aliphatic heterocycles. The van der Waals surface area contributed by atoms with Crippen molar-refractivity contribution in [2.24, 2.45) is 0 Å². The van der Waals surface area contributed by atoms with Gasteiger partial charge in [-0.2, -0.15) is 0 Å². The van der Waals surface area contributed by atoms with E-state index in [4.69, 9.17) is 21.1 Å². The highest BCUT2D eigenvalue weighted by molar-refractivity contribution is 8.00. The number of benzene rings is 2. The lowest BCUT2D eigenvalue weighted by atomic mass is 10.1. The lowest BCUT2D eigenvalue weighted by molar-refractivity contribution is -0.120. The maximum absolute atomic E-state index is 12.4. The summed E-state index contributed by atoms with van der Waals surface area (Å²) in [5.74, 6) is 1.08. The molecule has 1 unspecified atom stereocenters. The van der Waals surface area contributed by atoms with Crippen molar-refractivity contribution < 1.29 is 19.1 Å². The monoisotopic (exact) mass is 434 g/mol. The van der Waals surface area contributed by atoms with E-state index in [1.165, 1.54) is 18.7 Å². The Morgan fingerprint density at radius 1 is 1.17 bits per heavy atom. The van der Waals surface area contributed by atoms with Crippen LogP contribution >= 0.6 is 23.4 Å². The Labute approximate surface area is 179 Å². The summed E-state index contributed by atoms with van der Waals surface area (Å²) in [6.07, 6.45) is 0.644. The molecule has 0 radical (unpaired) electrons. The Morgan fingerprint density at radius 2 is 1.90 bits per heavy atom. The zero-order chi connectivity index (χ0) is 20.8. The predicted molar refractivity (Wildman–Crippen MR) is 115 cm³/mol. The van der Waals surface area contributed by atoms with Crippen molar-refractivity contribution in [2.45, 2.75) is 30.4 Å². The molecule has 3 rings (SSSR count). The molecule has 0 aliphatic carbocycles. The fraction of sp³-hybridized carbons (Fsp3) is 0.333. The van der Waals surface area contributed by atoms with Crippen LogP contribution < -0.4 is 20.1 Å². The van der Waals surface area contributed by atoms with E-state index in [1.54, 1.807) is 0 Å². The van der Waals surface area contributed by atoms with Crippen LogP contribution in [0.15, 0.2) is 41.3 Å². The fourth-order valence-corrected chi connectivity index (χ4v) is 4.04. The third kappa shape index (κ3) is 6.05. The van der Waals surface area contributed by atoms with Gasteiger partial charge in [-0.25, -0.2) is 0 Å². The van der Waals surface area contributed by atoms with E-state index >= 15 is 0 Å². The Kier molecular flexibility index (Phi) is 7.28. The first-order valence-electron chi connectivity index (χ1n) is 9.32. The first-order chi connectivity index (χ1) is 13.9. The second kappa shape index (κ2) is 9.89. The third-order valence-corrected chi connectivity index (χ3v) is 5.62. The van der Waals surface area contributed by atoms with Gasteiger partial charge in [0.25, 0.3) is 0 Å². The molecule has 0 saturated heterocycles. The van der Waals surface area contributed by atoms with Gasteiger partial charge in [0.2, 0.25) is 11.8 Å². The molecule has 2 aromatic carbocycles. The first kappa shape index (κ1) is 21.3. The number of hydrogen-bond donors (Lipinski definition) is 2. The third-order valence-electron chi connectivity index (χ3n) is 4.23. The maximum atomic E-state index is 12.4. The van der Waals surface area contributed by atoms with E-state index in [2.05, 4.69) is 10.6 Å². The number of nitrogens with one attached hydrogen (secondary N) is 2. The van der Waals surface area contributed by atoms with Crippen molar-refractivity contribution in [3.05, 3.63) is 47.0 Å². The Morgan fingerprint density at radius 3 is 2.62 bits per heavy atom. The second-order valence-corrected chi connectivity index (χ2v) is 8.43. The molecule has 0 saturated carbocycles. The van der Waals surface area contributed by atoms with E-state index in [1.807, 2.05) is 43.3 Å². The molecule has 1 aliphatic rings. The molecule has 0 spiro atoms. The molecule has 6 nitrogen and oxygen atoms in total. The average Bonchev–Trinajstić information content (AvgIpc) is 2.69. The van der Waals surface area contributed by atoms with Crippen molar-refractivity contribution in [2.75, 3.05) is 25.1 Å². The van der Waals surface area contributed by atoms with Crippen molar-refractivity contribution in [3.8, 4) is 11.5 Å². The van der Waals surface area contributed by atoms with E-state index in [0.29, 0.717) is 42.7 Å². The molecule has 2 N–H and O–H groups in total. The van der Waals surface area contributed by atoms with Gasteiger partial charge in [-0.3, -0.25) is 9.59 Å². The van der Waals surface area contributed by atoms with Crippen LogP contribution in [-0.2, 0) is 16.0 Å². The normalized spacial score (nSPS) is 13.5. The molecule has 1 heterocycles. The summed E-state index contributed by atoms with van der Waals surface area (Å²) in [5.41, 5.74) is 1.71. The van der Waals surface area contributed by atoms with Gasteiger partial charge < -0.3 is 20.1 Å². The Balaban J connectivity index is 1.48. The minimum Gasteiger partial charge on any atom is -0.486 e. The number of fused-ring (bicyclic) bond motifs is 1. The summed E-state index contributed by atoms with van der Waals surface area (Å²) in [7, 11) is 0. The number of anilines is 1. The number of carbonyl (C=O) groups excluding carboxylic acids is 2. The Hall–Kier alpha value is -2.38. The summed E-state index contributed by atoms with van der Waals surface area (Å²) in [6.45, 7) is 4.83. The molecule has 0 fully saturated rings. The smallest absolute Gasteiger partial charge is 0.233 e. The molecule has 2 amide bonds. The van der Waals surface area contributed by atoms with Crippen molar-refractivity contribution in [3.63, 3.8) is 0 Å². The van der Waals surface area contributed by atoms with Crippen LogP contribution in [0.3, 0.4) is 0 Å². The zero-order valence-electron chi connectivity index (χ0n) is 16.3. The number of hydrogen-bond acceptors (Lipinski definition) is 5. The van der Waals surface area contributed by atoms with Crippen LogP contribution in [0.4, 0.5) is 5.69 Å². The van der Waals surface area contributed by atoms with Gasteiger partial charge in [-0.05, 0) is 55.3 Å². The highest BCUT2D eigenvalue weighted by atomic mass is 35.5. The van der Waals surface area contributed by atoms with Crippen molar-refractivity contribution in [1.82, 2.24) is 5.32 Å². The topological polar surface area (TPSA) is 76.7 Å². The van der Waals surface area contributed by atoms with E-state index < -0.39 is 0 Å². The van der Waals surface area contributed by atoms with Crippen LogP contribution in [0.25, 0.3) is 0 Å². The van der Waals surface area contributed by atoms with Gasteiger partial charge in [-0.1, -0.05) is 11.6 Å². The average molecular weight is 435 g/mol. The van der Waals surface area contributed by atoms with Crippen LogP contribution in [0.2, 0.25) is 5.02 Å². The van der Waals surface area contributed by atoms with Gasteiger partial charge in [0, 0.05) is 24.1 Å². The standard InChI is InChI=1S/C21H23ClN2O4S/c1-13(29-17-5-3-16(4-6-17)24-14(2)25)21(26)23-8-7-15-11-18(22)20-19(12-15)27-9-10-28-20/h3-6,11-13H,7-10H2,1-2H3,(H,23,26)(H,24,25). The van der Waals surface area contributed by atoms with Gasteiger partial charge in [-0.15, -0.1) is 11.8 Å². The second-order valence-electron chi connectivity index (χ2n) is 6.61. The highest BCUT2D eigenvalue weighted by Crippen LogP contribution is 2.38. The molecule has 0 bridgehead atoms. The lowest BCUT2D eigenvalue weighted by Gasteiger charge is -2.20. The van der Waals surface area contributed by atoms with Crippen molar-refractivity contribution >= 4 is 40.9 Å². The molecule has 0 aromatic heterocycles. The highest BCUT2D eigenvalue weighted by Gasteiger charge is 2.17. The number of carbonyl (C=O) groups is 2. The van der Waals surface area contributed by atoms with Gasteiger partial charge in [0.1, 0.15) is 13.2 Å². The summed E-state index contributed by atoms with van der Waals surface area (Å²) in [5, 5.41) is 5.96. The maximum Gasteiger partial charge on any atom is 0.233 e. The van der Waals surface area contributed by atoms with Crippen LogP contribution in [0.1, 0.15) is 19.4 Å². The zero-order valence-corrected chi connectivity index (χ0v) is 17.9. The van der Waals surface area contributed by atoms with Crippen molar-refractivity contribution in [1.29, 1.82) is 0 Å². The molecular formula is C21H23ClN2O4S. The number of thioether (sulfide) groups is 1. The largest absolute Gasteiger partial charge is 0.486 e. The summed E-state index contributed by atoms with van der Waals surface area (Å²) in [4.78, 5) is 24.4. The molecule has 29 heavy (non-hydrogen) atoms. The molecule has 8 heteroatoms. The van der Waals surface area contributed by atoms with E-state index in [9.17, 15) is 9.59 Å². The van der Waals surface area contributed by atoms with Gasteiger partial charge >= 0.3 is 0 Å². The minimum atomic E-state index is -0.245. The summed E-state index contributed by atoms with van der Waals surface area (Å²) < 4.78 is 11.1. The van der Waals surface area contributed by atoms with E-state index in [-0.39, 0.29) is 17.1 Å². The van der Waals surface area contributed by atoms with E-state index in [0.717, 1.165) is 16.1 Å². The SMILES string of the molecule is CC(=O)Nc1ccc(SC(C)C(=O)NCCc2cc(Cl)c3c(c2)OCCO3)cc1. The van der Waals surface area contributed by atoms with Crippen LogP contribution in [-0.4, -0.2) is 36.8 Å². The number of ether oxygens (including phenoxy) is 2. The molecule has 2 aromatic rings. The molecule has 1 atom stereocenters. The summed E-state index contributed by atoms with van der Waals surface area (Å²) in [6, 6.07) is 11.2. The lowest BCUT2D eigenvalue weighted by Crippen LogP contribution is -2.32. The first-order valence-corrected chi connectivity index (χ1v) is 10.6. The van der Waals surface area contributed by atoms with Gasteiger partial charge in [0.05, 0.1) is 10.3 Å². The molecular weight excluding hydrogens is 412 g/mol. The minimum absolute atomic E-state index is 0.0374. The summed E-state index contributed by atoms with van der Waals surface area (Å²) >= 11 is 7.71. The van der Waals surface area contributed by atoms with Gasteiger partial charge in [0.15, 0.2) is 11.5 Å². The van der Waals surface area contributed by atoms with Crippen LogP contribution in [0.5, 0.6) is 11.5 Å².